The monoisotopic (exact) mass is 466 g/mol. The van der Waals surface area contributed by atoms with E-state index in [1.807, 2.05) is 23.9 Å². The molecule has 0 spiro atoms. The number of nitrogen functional groups attached to an aromatic ring is 1. The molecule has 176 valence electrons. The predicted octanol–water partition coefficient (Wildman–Crippen LogP) is 3.63. The fraction of sp³-hybridized carbons (Fsp3) is 0.261. The summed E-state index contributed by atoms with van der Waals surface area (Å²) in [5.74, 6) is 0.0961. The number of aromatic nitrogens is 5. The molecule has 34 heavy (non-hydrogen) atoms. The van der Waals surface area contributed by atoms with Crippen molar-refractivity contribution in [3.05, 3.63) is 60.5 Å². The molecule has 0 aliphatic heterocycles. The van der Waals surface area contributed by atoms with E-state index in [-0.39, 0.29) is 5.95 Å². The van der Waals surface area contributed by atoms with Crippen LogP contribution in [0.3, 0.4) is 0 Å². The fourth-order valence-electron chi connectivity index (χ4n) is 3.85. The Morgan fingerprint density at radius 1 is 1.12 bits per heavy atom. The number of nitrogens with zero attached hydrogens (tertiary/aromatic N) is 6. The van der Waals surface area contributed by atoms with Crippen molar-refractivity contribution in [3.8, 4) is 11.6 Å². The Bertz CT molecular complexity index is 1430. The van der Waals surface area contributed by atoms with Gasteiger partial charge < -0.3 is 24.9 Å². The third-order valence-corrected chi connectivity index (χ3v) is 5.65. The molecule has 0 fully saturated rings. The summed E-state index contributed by atoms with van der Waals surface area (Å²) in [4.78, 5) is 11.3. The Hall–Kier alpha value is -3.99. The summed E-state index contributed by atoms with van der Waals surface area (Å²) in [5.41, 5.74) is 7.83. The van der Waals surface area contributed by atoms with Crippen molar-refractivity contribution in [1.29, 1.82) is 0 Å². The summed E-state index contributed by atoms with van der Waals surface area (Å²) >= 11 is 0. The molecule has 4 heterocycles. The Kier molecular flexibility index (Phi) is 5.84. The Labute approximate surface area is 193 Å². The highest BCUT2D eigenvalue weighted by molar-refractivity contribution is 5.91. The molecule has 0 aliphatic carbocycles. The van der Waals surface area contributed by atoms with Gasteiger partial charge in [-0.15, -0.1) is 5.10 Å². The number of hydrogen-bond acceptors (Lipinski definition) is 7. The van der Waals surface area contributed by atoms with Gasteiger partial charge in [-0.25, -0.2) is 13.8 Å². The first kappa shape index (κ1) is 21.8. The van der Waals surface area contributed by atoms with E-state index < -0.39 is 11.6 Å². The summed E-state index contributed by atoms with van der Waals surface area (Å²) in [6.07, 6.45) is 4.34. The number of fused-ring (bicyclic) bond motifs is 3. The quantitative estimate of drug-likeness (QED) is 0.320. The molecule has 0 aliphatic rings. The van der Waals surface area contributed by atoms with Gasteiger partial charge in [0.25, 0.3) is 0 Å². The molecule has 11 heteroatoms. The van der Waals surface area contributed by atoms with Crippen LogP contribution in [0.25, 0.3) is 28.3 Å². The van der Waals surface area contributed by atoms with Crippen LogP contribution in [0.1, 0.15) is 6.42 Å². The van der Waals surface area contributed by atoms with Crippen LogP contribution in [0.4, 0.5) is 20.4 Å². The predicted molar refractivity (Wildman–Crippen MR) is 125 cm³/mol. The summed E-state index contributed by atoms with van der Waals surface area (Å²) in [7, 11) is 2.03. The van der Waals surface area contributed by atoms with Gasteiger partial charge in [0.1, 0.15) is 17.3 Å². The minimum absolute atomic E-state index is 0.250. The van der Waals surface area contributed by atoms with Crippen LogP contribution in [0.5, 0.6) is 0 Å². The van der Waals surface area contributed by atoms with Crippen LogP contribution in [0.2, 0.25) is 0 Å². The van der Waals surface area contributed by atoms with E-state index in [1.165, 1.54) is 16.6 Å². The zero-order chi connectivity index (χ0) is 23.7. The molecule has 9 nitrogen and oxygen atoms in total. The number of rotatable bonds is 9. The largest absolute Gasteiger partial charge is 0.461 e. The molecular weight excluding hydrogens is 442 g/mol. The standard InChI is InChI=1S/C23H24F2N8O/c1-31(9-3-8-27-18-6-5-15(24)14-17(18)25)11-12-32-10-7-16-21(32)29-23(26)33-22(16)28-20(30-33)19-4-2-13-34-19/h2,4-7,10,13-14,27H,3,8-9,11-12H2,1H3,(H2,26,29). The van der Waals surface area contributed by atoms with E-state index in [0.717, 1.165) is 36.6 Å². The molecule has 0 bridgehead atoms. The van der Waals surface area contributed by atoms with Gasteiger partial charge in [0, 0.05) is 31.9 Å². The second kappa shape index (κ2) is 9.10. The summed E-state index contributed by atoms with van der Waals surface area (Å²) in [5, 5.41) is 8.28. The van der Waals surface area contributed by atoms with E-state index in [9.17, 15) is 8.78 Å². The Balaban J connectivity index is 1.21. The van der Waals surface area contributed by atoms with Gasteiger partial charge in [-0.05, 0) is 50.3 Å². The van der Waals surface area contributed by atoms with E-state index in [0.29, 0.717) is 36.0 Å². The zero-order valence-corrected chi connectivity index (χ0v) is 18.6. The lowest BCUT2D eigenvalue weighted by Crippen LogP contribution is -2.25. The van der Waals surface area contributed by atoms with Crippen LogP contribution < -0.4 is 11.1 Å². The van der Waals surface area contributed by atoms with E-state index in [2.05, 4.69) is 25.3 Å². The maximum absolute atomic E-state index is 13.7. The molecule has 0 amide bonds. The maximum Gasteiger partial charge on any atom is 0.225 e. The van der Waals surface area contributed by atoms with Crippen LogP contribution in [-0.4, -0.2) is 55.7 Å². The van der Waals surface area contributed by atoms with Crippen molar-refractivity contribution < 1.29 is 13.2 Å². The first-order chi connectivity index (χ1) is 16.5. The number of anilines is 2. The molecule has 4 aromatic heterocycles. The maximum atomic E-state index is 13.7. The summed E-state index contributed by atoms with van der Waals surface area (Å²) in [6, 6.07) is 9.06. The van der Waals surface area contributed by atoms with Gasteiger partial charge in [0.15, 0.2) is 11.4 Å². The normalized spacial score (nSPS) is 11.8. The second-order valence-corrected chi connectivity index (χ2v) is 8.07. The Morgan fingerprint density at radius 2 is 2.00 bits per heavy atom. The van der Waals surface area contributed by atoms with Crippen molar-refractivity contribution in [3.63, 3.8) is 0 Å². The van der Waals surface area contributed by atoms with E-state index in [1.54, 1.807) is 18.4 Å². The van der Waals surface area contributed by atoms with Crippen LogP contribution in [-0.2, 0) is 6.54 Å². The van der Waals surface area contributed by atoms with Gasteiger partial charge >= 0.3 is 0 Å². The lowest BCUT2D eigenvalue weighted by atomic mass is 10.3. The lowest BCUT2D eigenvalue weighted by Gasteiger charge is -2.17. The topological polar surface area (TPSA) is 102 Å². The molecule has 5 rings (SSSR count). The van der Waals surface area contributed by atoms with Gasteiger partial charge in [-0.3, -0.25) is 0 Å². The van der Waals surface area contributed by atoms with Gasteiger partial charge in [0.05, 0.1) is 17.3 Å². The minimum Gasteiger partial charge on any atom is -0.461 e. The Morgan fingerprint density at radius 3 is 2.79 bits per heavy atom. The third kappa shape index (κ3) is 4.29. The van der Waals surface area contributed by atoms with Gasteiger partial charge in [0.2, 0.25) is 11.8 Å². The highest BCUT2D eigenvalue weighted by Gasteiger charge is 2.16. The van der Waals surface area contributed by atoms with E-state index >= 15 is 0 Å². The molecule has 1 aromatic carbocycles. The summed E-state index contributed by atoms with van der Waals surface area (Å²) in [6.45, 7) is 2.89. The van der Waals surface area contributed by atoms with Crippen LogP contribution in [0.15, 0.2) is 53.3 Å². The molecule has 0 atom stereocenters. The minimum atomic E-state index is -0.585. The molecule has 0 saturated carbocycles. The molecule has 0 unspecified atom stereocenters. The number of nitrogens with two attached hydrogens (primary N) is 1. The molecule has 0 saturated heterocycles. The average molecular weight is 466 g/mol. The number of benzene rings is 1. The van der Waals surface area contributed by atoms with Crippen molar-refractivity contribution in [2.24, 2.45) is 0 Å². The number of furan rings is 1. The van der Waals surface area contributed by atoms with Crippen molar-refractivity contribution in [2.75, 3.05) is 37.7 Å². The molecular formula is C23H24F2N8O. The van der Waals surface area contributed by atoms with Crippen molar-refractivity contribution >= 4 is 28.3 Å². The van der Waals surface area contributed by atoms with E-state index in [4.69, 9.17) is 10.2 Å². The average Bonchev–Trinajstić information content (AvgIpc) is 3.55. The number of nitrogens with one attached hydrogen (secondary N) is 1. The van der Waals surface area contributed by atoms with Gasteiger partial charge in [-0.1, -0.05) is 0 Å². The lowest BCUT2D eigenvalue weighted by molar-refractivity contribution is 0.319. The SMILES string of the molecule is CN(CCCNc1ccc(F)cc1F)CCn1ccc2c1nc(N)n1nc(-c3ccco3)nc21. The van der Waals surface area contributed by atoms with Crippen molar-refractivity contribution in [1.82, 2.24) is 29.0 Å². The third-order valence-electron chi connectivity index (χ3n) is 5.65. The van der Waals surface area contributed by atoms with Gasteiger partial charge in [-0.2, -0.15) is 9.50 Å². The second-order valence-electron chi connectivity index (χ2n) is 8.07. The first-order valence-electron chi connectivity index (χ1n) is 10.9. The smallest absolute Gasteiger partial charge is 0.225 e. The van der Waals surface area contributed by atoms with Crippen molar-refractivity contribution in [2.45, 2.75) is 13.0 Å². The number of likely N-dealkylation sites (N-methyl/N-ethyl adjacent to an activating group) is 1. The fourth-order valence-corrected chi connectivity index (χ4v) is 3.85. The highest BCUT2D eigenvalue weighted by Crippen LogP contribution is 2.24. The molecule has 5 aromatic rings. The molecule has 0 radical (unpaired) electrons. The first-order valence-corrected chi connectivity index (χ1v) is 10.9. The summed E-state index contributed by atoms with van der Waals surface area (Å²) < 4.78 is 35.7. The van der Waals surface area contributed by atoms with Crippen LogP contribution in [0, 0.1) is 11.6 Å². The zero-order valence-electron chi connectivity index (χ0n) is 18.6. The number of hydrogen-bond donors (Lipinski definition) is 2. The van der Waals surface area contributed by atoms with Crippen LogP contribution >= 0.6 is 0 Å². The molecule has 3 N–H and O–H groups in total. The highest BCUT2D eigenvalue weighted by atomic mass is 19.1. The number of halogens is 2.